The molecule has 3 rings (SSSR count). The van der Waals surface area contributed by atoms with Crippen molar-refractivity contribution >= 4 is 15.9 Å². The van der Waals surface area contributed by atoms with Crippen LogP contribution in [-0.4, -0.2) is 36.2 Å². The molecule has 0 saturated heterocycles. The van der Waals surface area contributed by atoms with Gasteiger partial charge in [-0.05, 0) is 31.5 Å². The molecule has 154 valence electrons. The molecule has 2 aromatic carbocycles. The van der Waals surface area contributed by atoms with Gasteiger partial charge in [-0.2, -0.15) is 12.7 Å². The molecular weight excluding hydrogens is 388 g/mol. The van der Waals surface area contributed by atoms with E-state index in [9.17, 15) is 13.2 Å². The SMILES string of the molecule is Cc1cccc(CN(c2c(C)n(C)n(-c3ccccc3)c2=O)S(=O)(=O)N(C)C)c1. The highest BCUT2D eigenvalue weighted by molar-refractivity contribution is 7.90. The van der Waals surface area contributed by atoms with E-state index in [1.165, 1.54) is 23.1 Å². The van der Waals surface area contributed by atoms with Crippen LogP contribution in [0.4, 0.5) is 5.69 Å². The zero-order valence-electron chi connectivity index (χ0n) is 17.3. The lowest BCUT2D eigenvalue weighted by atomic mass is 10.1. The summed E-state index contributed by atoms with van der Waals surface area (Å²) in [7, 11) is 0.786. The standard InChI is InChI=1S/C21H26N4O3S/c1-16-10-9-11-18(14-16)15-24(29(27,28)22(3)4)20-17(2)23(5)25(21(20)26)19-12-7-6-8-13-19/h6-14H,15H2,1-5H3. The van der Waals surface area contributed by atoms with Crippen LogP contribution in [0.1, 0.15) is 16.8 Å². The van der Waals surface area contributed by atoms with Crippen molar-refractivity contribution in [3.63, 3.8) is 0 Å². The molecule has 0 spiro atoms. The number of hydrogen-bond acceptors (Lipinski definition) is 3. The maximum Gasteiger partial charge on any atom is 0.304 e. The lowest BCUT2D eigenvalue weighted by molar-refractivity contribution is 0.514. The maximum absolute atomic E-state index is 13.4. The molecule has 0 aliphatic rings. The zero-order valence-corrected chi connectivity index (χ0v) is 18.1. The van der Waals surface area contributed by atoms with Crippen LogP contribution >= 0.6 is 0 Å². The van der Waals surface area contributed by atoms with Crippen molar-refractivity contribution in [1.82, 2.24) is 13.7 Å². The summed E-state index contributed by atoms with van der Waals surface area (Å²) in [4.78, 5) is 13.4. The van der Waals surface area contributed by atoms with Crippen molar-refractivity contribution in [2.45, 2.75) is 20.4 Å². The minimum Gasteiger partial charge on any atom is -0.283 e. The second kappa shape index (κ2) is 7.88. The number of aromatic nitrogens is 2. The largest absolute Gasteiger partial charge is 0.304 e. The van der Waals surface area contributed by atoms with Crippen LogP contribution in [0, 0.1) is 13.8 Å². The Hall–Kier alpha value is -2.84. The Morgan fingerprint density at radius 3 is 2.21 bits per heavy atom. The predicted molar refractivity (Wildman–Crippen MR) is 116 cm³/mol. The van der Waals surface area contributed by atoms with E-state index in [1.54, 1.807) is 18.7 Å². The van der Waals surface area contributed by atoms with Gasteiger partial charge in [0.25, 0.3) is 5.56 Å². The third-order valence-corrected chi connectivity index (χ3v) is 6.71. The number of rotatable bonds is 6. The van der Waals surface area contributed by atoms with Gasteiger partial charge in [0.2, 0.25) is 0 Å². The van der Waals surface area contributed by atoms with Crippen molar-refractivity contribution in [1.29, 1.82) is 0 Å². The molecule has 0 saturated carbocycles. The van der Waals surface area contributed by atoms with E-state index in [2.05, 4.69) is 0 Å². The van der Waals surface area contributed by atoms with Crippen LogP contribution in [0.25, 0.3) is 5.69 Å². The van der Waals surface area contributed by atoms with Gasteiger partial charge in [0, 0.05) is 21.1 Å². The third kappa shape index (κ3) is 3.86. The Morgan fingerprint density at radius 2 is 1.62 bits per heavy atom. The monoisotopic (exact) mass is 414 g/mol. The summed E-state index contributed by atoms with van der Waals surface area (Å²) in [5.74, 6) is 0. The summed E-state index contributed by atoms with van der Waals surface area (Å²) in [6.07, 6.45) is 0. The summed E-state index contributed by atoms with van der Waals surface area (Å²) < 4.78 is 31.8. The molecule has 0 amide bonds. The van der Waals surface area contributed by atoms with Crippen molar-refractivity contribution in [2.75, 3.05) is 18.4 Å². The smallest absolute Gasteiger partial charge is 0.283 e. The van der Waals surface area contributed by atoms with Gasteiger partial charge in [0.05, 0.1) is 17.9 Å². The Labute approximate surface area is 171 Å². The van der Waals surface area contributed by atoms with Gasteiger partial charge >= 0.3 is 10.2 Å². The molecule has 29 heavy (non-hydrogen) atoms. The minimum atomic E-state index is -3.89. The molecule has 0 unspecified atom stereocenters. The molecule has 0 radical (unpaired) electrons. The molecule has 0 atom stereocenters. The molecule has 7 nitrogen and oxygen atoms in total. The molecule has 0 fully saturated rings. The summed E-state index contributed by atoms with van der Waals surface area (Å²) in [6, 6.07) is 16.8. The molecule has 0 aliphatic carbocycles. The van der Waals surface area contributed by atoms with E-state index in [4.69, 9.17) is 0 Å². The van der Waals surface area contributed by atoms with Crippen molar-refractivity contribution in [3.8, 4) is 5.69 Å². The first-order valence-electron chi connectivity index (χ1n) is 9.24. The molecule has 0 aliphatic heterocycles. The van der Waals surface area contributed by atoms with Crippen molar-refractivity contribution < 1.29 is 8.42 Å². The van der Waals surface area contributed by atoms with Gasteiger partial charge in [-0.25, -0.2) is 8.99 Å². The number of anilines is 1. The van der Waals surface area contributed by atoms with Crippen LogP contribution in [0.3, 0.4) is 0 Å². The fourth-order valence-electron chi connectivity index (χ4n) is 3.29. The summed E-state index contributed by atoms with van der Waals surface area (Å²) >= 11 is 0. The van der Waals surface area contributed by atoms with Gasteiger partial charge in [-0.3, -0.25) is 9.48 Å². The minimum absolute atomic E-state index is 0.0665. The summed E-state index contributed by atoms with van der Waals surface area (Å²) in [5.41, 5.74) is 2.84. The van der Waals surface area contributed by atoms with Gasteiger partial charge in [-0.15, -0.1) is 0 Å². The van der Waals surface area contributed by atoms with Crippen LogP contribution in [0.5, 0.6) is 0 Å². The quantitative estimate of drug-likeness (QED) is 0.623. The van der Waals surface area contributed by atoms with Crippen molar-refractivity contribution in [3.05, 3.63) is 81.8 Å². The highest BCUT2D eigenvalue weighted by Crippen LogP contribution is 2.24. The van der Waals surface area contributed by atoms with Gasteiger partial charge in [0.15, 0.2) is 0 Å². The Balaban J connectivity index is 2.23. The first kappa shape index (κ1) is 20.9. The van der Waals surface area contributed by atoms with Crippen molar-refractivity contribution in [2.24, 2.45) is 7.05 Å². The van der Waals surface area contributed by atoms with Crippen LogP contribution in [0.15, 0.2) is 59.4 Å². The summed E-state index contributed by atoms with van der Waals surface area (Å²) in [5, 5.41) is 0. The molecule has 0 N–H and O–H groups in total. The first-order chi connectivity index (χ1) is 13.6. The van der Waals surface area contributed by atoms with Crippen LogP contribution in [-0.2, 0) is 23.8 Å². The van der Waals surface area contributed by atoms with Gasteiger partial charge in [0.1, 0.15) is 5.69 Å². The second-order valence-electron chi connectivity index (χ2n) is 7.20. The lowest BCUT2D eigenvalue weighted by Crippen LogP contribution is -2.42. The Bertz CT molecular complexity index is 1180. The average molecular weight is 415 g/mol. The maximum atomic E-state index is 13.4. The Morgan fingerprint density at radius 1 is 0.966 bits per heavy atom. The number of nitrogens with zero attached hydrogens (tertiary/aromatic N) is 4. The zero-order chi connectivity index (χ0) is 21.3. The van der Waals surface area contributed by atoms with E-state index in [0.717, 1.165) is 15.4 Å². The molecule has 1 aromatic heterocycles. The molecule has 3 aromatic rings. The Kier molecular flexibility index (Phi) is 5.68. The van der Waals surface area contributed by atoms with E-state index in [-0.39, 0.29) is 17.8 Å². The predicted octanol–water partition coefficient (Wildman–Crippen LogP) is 2.61. The van der Waals surface area contributed by atoms with Gasteiger partial charge in [-0.1, -0.05) is 48.0 Å². The van der Waals surface area contributed by atoms with Gasteiger partial charge < -0.3 is 0 Å². The van der Waals surface area contributed by atoms with E-state index in [1.807, 2.05) is 61.5 Å². The fourth-order valence-corrected chi connectivity index (χ4v) is 4.44. The third-order valence-electron chi connectivity index (χ3n) is 4.92. The first-order valence-corrected chi connectivity index (χ1v) is 10.6. The highest BCUT2D eigenvalue weighted by Gasteiger charge is 2.32. The normalized spacial score (nSPS) is 11.8. The number of benzene rings is 2. The van der Waals surface area contributed by atoms with Crippen LogP contribution < -0.4 is 9.86 Å². The topological polar surface area (TPSA) is 67.5 Å². The lowest BCUT2D eigenvalue weighted by Gasteiger charge is -2.26. The summed E-state index contributed by atoms with van der Waals surface area (Å²) in [6.45, 7) is 3.77. The molecule has 1 heterocycles. The van der Waals surface area contributed by atoms with Crippen LogP contribution in [0.2, 0.25) is 0 Å². The number of hydrogen-bond donors (Lipinski definition) is 0. The highest BCUT2D eigenvalue weighted by atomic mass is 32.2. The number of para-hydroxylation sites is 1. The molecule has 0 bridgehead atoms. The van der Waals surface area contributed by atoms with E-state index < -0.39 is 10.2 Å². The number of aryl methyl sites for hydroxylation is 1. The van der Waals surface area contributed by atoms with E-state index >= 15 is 0 Å². The molecule has 8 heteroatoms. The van der Waals surface area contributed by atoms with E-state index in [0.29, 0.717) is 11.4 Å². The molecular formula is C21H26N4O3S. The second-order valence-corrected chi connectivity index (χ2v) is 9.26. The fraction of sp³-hybridized carbons (Fsp3) is 0.286. The average Bonchev–Trinajstić information content (AvgIpc) is 2.89.